The maximum atomic E-state index is 11.9. The summed E-state index contributed by atoms with van der Waals surface area (Å²) in [6.45, 7) is 1.28. The van der Waals surface area contributed by atoms with Crippen LogP contribution in [0, 0.1) is 23.7 Å². The fraction of sp³-hybridized carbons (Fsp3) is 0.700. The predicted molar refractivity (Wildman–Crippen MR) is 101 cm³/mol. The van der Waals surface area contributed by atoms with Gasteiger partial charge in [-0.1, -0.05) is 24.3 Å². The molecule has 4 aliphatic carbocycles. The molecule has 0 spiro atoms. The summed E-state index contributed by atoms with van der Waals surface area (Å²) in [7, 11) is 0. The first-order chi connectivity index (χ1) is 12.7. The first-order valence-corrected chi connectivity index (χ1v) is 10.1. The van der Waals surface area contributed by atoms with Crippen LogP contribution in [-0.2, 0) is 0 Å². The molecule has 0 aliphatic heterocycles. The van der Waals surface area contributed by atoms with Crippen molar-refractivity contribution in [3.8, 4) is 0 Å². The van der Waals surface area contributed by atoms with Crippen LogP contribution >= 0.6 is 0 Å². The molecule has 6 unspecified atom stereocenters. The Balaban J connectivity index is 1.01. The molecule has 6 heteroatoms. The van der Waals surface area contributed by atoms with Crippen molar-refractivity contribution >= 4 is 12.1 Å². The summed E-state index contributed by atoms with van der Waals surface area (Å²) in [5.41, 5.74) is 0. The highest BCUT2D eigenvalue weighted by molar-refractivity contribution is 5.74. The maximum absolute atomic E-state index is 11.9. The van der Waals surface area contributed by atoms with Gasteiger partial charge in [0.15, 0.2) is 0 Å². The Labute approximate surface area is 155 Å². The van der Waals surface area contributed by atoms with E-state index in [0.29, 0.717) is 48.8 Å². The first-order valence-electron chi connectivity index (χ1n) is 10.1. The summed E-state index contributed by atoms with van der Waals surface area (Å²) in [5, 5.41) is 12.0. The highest BCUT2D eigenvalue weighted by atomic mass is 16.2. The largest absolute Gasteiger partial charge is 0.338 e. The molecular formula is C20H30N4O2. The van der Waals surface area contributed by atoms with Gasteiger partial charge < -0.3 is 21.3 Å². The van der Waals surface area contributed by atoms with Gasteiger partial charge in [-0.25, -0.2) is 9.59 Å². The fourth-order valence-corrected chi connectivity index (χ4v) is 4.99. The summed E-state index contributed by atoms with van der Waals surface area (Å²) < 4.78 is 0. The SMILES string of the molecule is O=C(NCCCCNC(=O)NC1CC2C=CC1C2)NC1CC2C=CC1C2. The third kappa shape index (κ3) is 4.05. The van der Waals surface area contributed by atoms with Gasteiger partial charge in [0.25, 0.3) is 0 Å². The minimum atomic E-state index is -0.0639. The van der Waals surface area contributed by atoms with Crippen molar-refractivity contribution in [2.75, 3.05) is 13.1 Å². The number of hydrogen-bond donors (Lipinski definition) is 4. The predicted octanol–water partition coefficient (Wildman–Crippen LogP) is 2.29. The van der Waals surface area contributed by atoms with E-state index in [1.54, 1.807) is 0 Å². The molecule has 4 amide bonds. The lowest BCUT2D eigenvalue weighted by molar-refractivity contribution is 0.232. The Kier molecular flexibility index (Phi) is 5.18. The van der Waals surface area contributed by atoms with Crippen molar-refractivity contribution in [2.45, 2.75) is 50.6 Å². The van der Waals surface area contributed by atoms with Gasteiger partial charge in [0.05, 0.1) is 0 Å². The molecule has 6 nitrogen and oxygen atoms in total. The summed E-state index contributed by atoms with van der Waals surface area (Å²) in [6.07, 6.45) is 15.3. The molecule has 4 N–H and O–H groups in total. The zero-order valence-corrected chi connectivity index (χ0v) is 15.2. The first kappa shape index (κ1) is 17.4. The van der Waals surface area contributed by atoms with E-state index in [-0.39, 0.29) is 12.1 Å². The molecule has 2 fully saturated rings. The second-order valence-electron chi connectivity index (χ2n) is 8.28. The average Bonchev–Trinajstić information content (AvgIpc) is 3.38. The third-order valence-electron chi connectivity index (χ3n) is 6.37. The molecule has 6 atom stereocenters. The molecule has 4 aliphatic rings. The molecule has 0 aromatic heterocycles. The van der Waals surface area contributed by atoms with E-state index in [1.807, 2.05) is 0 Å². The Morgan fingerprint density at radius 3 is 1.50 bits per heavy atom. The standard InChI is InChI=1S/C20H30N4O2/c25-19(23-17-11-13-3-5-15(17)9-13)21-7-1-2-8-22-20(26)24-18-12-14-4-6-16(18)10-14/h3-6,13-18H,1-2,7-12H2,(H2,21,23,25)(H2,22,24,26). The Morgan fingerprint density at radius 2 is 1.15 bits per heavy atom. The van der Waals surface area contributed by atoms with Crippen molar-refractivity contribution in [1.82, 2.24) is 21.3 Å². The molecule has 0 radical (unpaired) electrons. The second kappa shape index (κ2) is 7.72. The molecule has 26 heavy (non-hydrogen) atoms. The van der Waals surface area contributed by atoms with Crippen molar-refractivity contribution < 1.29 is 9.59 Å². The number of fused-ring (bicyclic) bond motifs is 4. The van der Waals surface area contributed by atoms with Gasteiger partial charge in [-0.2, -0.15) is 0 Å². The van der Waals surface area contributed by atoms with Gasteiger partial charge in [0.2, 0.25) is 0 Å². The number of amides is 4. The summed E-state index contributed by atoms with van der Waals surface area (Å²) in [4.78, 5) is 23.9. The number of carbonyl (C=O) groups excluding carboxylic acids is 2. The highest BCUT2D eigenvalue weighted by Crippen LogP contribution is 2.39. The number of carbonyl (C=O) groups is 2. The number of nitrogens with one attached hydrogen (secondary N) is 4. The van der Waals surface area contributed by atoms with Crippen LogP contribution in [0.1, 0.15) is 38.5 Å². The lowest BCUT2D eigenvalue weighted by Gasteiger charge is -2.20. The van der Waals surface area contributed by atoms with Gasteiger partial charge in [-0.15, -0.1) is 0 Å². The number of hydrogen-bond acceptors (Lipinski definition) is 2. The molecule has 142 valence electrons. The lowest BCUT2D eigenvalue weighted by Crippen LogP contribution is -2.44. The van der Waals surface area contributed by atoms with Gasteiger partial charge in [0.1, 0.15) is 0 Å². The topological polar surface area (TPSA) is 82.3 Å². The summed E-state index contributed by atoms with van der Waals surface area (Å²) in [5.74, 6) is 2.38. The quantitative estimate of drug-likeness (QED) is 0.416. The van der Waals surface area contributed by atoms with Crippen LogP contribution in [0.25, 0.3) is 0 Å². The van der Waals surface area contributed by atoms with Crippen LogP contribution < -0.4 is 21.3 Å². The monoisotopic (exact) mass is 358 g/mol. The van der Waals surface area contributed by atoms with Crippen LogP contribution in [0.15, 0.2) is 24.3 Å². The number of rotatable bonds is 7. The number of allylic oxidation sites excluding steroid dienone is 2. The molecule has 2 saturated carbocycles. The lowest BCUT2D eigenvalue weighted by atomic mass is 10.0. The van der Waals surface area contributed by atoms with E-state index in [0.717, 1.165) is 25.7 Å². The van der Waals surface area contributed by atoms with E-state index in [4.69, 9.17) is 0 Å². The van der Waals surface area contributed by atoms with Gasteiger partial charge in [-0.05, 0) is 62.2 Å². The van der Waals surface area contributed by atoms with Gasteiger partial charge >= 0.3 is 12.1 Å². The van der Waals surface area contributed by atoms with E-state index in [2.05, 4.69) is 45.6 Å². The average molecular weight is 358 g/mol. The van der Waals surface area contributed by atoms with Crippen molar-refractivity contribution in [1.29, 1.82) is 0 Å². The van der Waals surface area contributed by atoms with E-state index < -0.39 is 0 Å². The molecule has 0 aromatic rings. The Morgan fingerprint density at radius 1 is 0.692 bits per heavy atom. The molecule has 0 saturated heterocycles. The van der Waals surface area contributed by atoms with Crippen LogP contribution in [0.5, 0.6) is 0 Å². The van der Waals surface area contributed by atoms with Crippen LogP contribution in [0.4, 0.5) is 9.59 Å². The number of urea groups is 2. The van der Waals surface area contributed by atoms with Gasteiger partial charge in [-0.3, -0.25) is 0 Å². The van der Waals surface area contributed by atoms with Crippen molar-refractivity contribution in [3.63, 3.8) is 0 Å². The van der Waals surface area contributed by atoms with Crippen molar-refractivity contribution in [2.24, 2.45) is 23.7 Å². The van der Waals surface area contributed by atoms with Crippen molar-refractivity contribution in [3.05, 3.63) is 24.3 Å². The maximum Gasteiger partial charge on any atom is 0.315 e. The normalized spacial score (nSPS) is 35.7. The third-order valence-corrected chi connectivity index (χ3v) is 6.37. The smallest absolute Gasteiger partial charge is 0.315 e. The van der Waals surface area contributed by atoms with Crippen LogP contribution in [-0.4, -0.2) is 37.2 Å². The minimum Gasteiger partial charge on any atom is -0.338 e. The number of unbranched alkanes of at least 4 members (excludes halogenated alkanes) is 1. The fourth-order valence-electron chi connectivity index (χ4n) is 4.99. The minimum absolute atomic E-state index is 0.0639. The second-order valence-corrected chi connectivity index (χ2v) is 8.28. The Bertz CT molecular complexity index is 551. The highest BCUT2D eigenvalue weighted by Gasteiger charge is 2.37. The van der Waals surface area contributed by atoms with E-state index >= 15 is 0 Å². The summed E-state index contributed by atoms with van der Waals surface area (Å²) in [6, 6.07) is 0.476. The molecule has 0 heterocycles. The molecular weight excluding hydrogens is 328 g/mol. The zero-order valence-electron chi connectivity index (χ0n) is 15.2. The van der Waals surface area contributed by atoms with Crippen LogP contribution in [0.2, 0.25) is 0 Å². The Hall–Kier alpha value is -1.98. The van der Waals surface area contributed by atoms with Crippen LogP contribution in [0.3, 0.4) is 0 Å². The molecule has 0 aromatic carbocycles. The zero-order chi connectivity index (χ0) is 17.9. The van der Waals surface area contributed by atoms with E-state index in [9.17, 15) is 9.59 Å². The molecule has 4 rings (SSSR count). The molecule has 4 bridgehead atoms. The van der Waals surface area contributed by atoms with Gasteiger partial charge in [0, 0.05) is 25.2 Å². The summed E-state index contributed by atoms with van der Waals surface area (Å²) >= 11 is 0. The van der Waals surface area contributed by atoms with E-state index in [1.165, 1.54) is 12.8 Å².